The molecule has 2 amide bonds. The summed E-state index contributed by atoms with van der Waals surface area (Å²) in [5.74, 6) is -4.64. The standard InChI is InChI=1S/C15H18F2N2O3/c16-15(17,10-11-4-2-1-3-5-11)13(20)19-8-6-12(7-9-19)18-14(21)22/h1-5,12,18H,6-10H2,(H,21,22). The monoisotopic (exact) mass is 312 g/mol. The predicted molar refractivity (Wildman–Crippen MR) is 75.9 cm³/mol. The number of hydrogen-bond acceptors (Lipinski definition) is 2. The van der Waals surface area contributed by atoms with Crippen LogP contribution in [0.15, 0.2) is 30.3 Å². The Labute approximate surface area is 126 Å². The van der Waals surface area contributed by atoms with Gasteiger partial charge < -0.3 is 15.3 Å². The molecule has 0 bridgehead atoms. The molecule has 1 fully saturated rings. The van der Waals surface area contributed by atoms with Crippen LogP contribution in [0.25, 0.3) is 0 Å². The summed E-state index contributed by atoms with van der Waals surface area (Å²) in [6.45, 7) is 0.266. The van der Waals surface area contributed by atoms with Crippen LogP contribution in [-0.4, -0.2) is 47.1 Å². The van der Waals surface area contributed by atoms with E-state index in [2.05, 4.69) is 5.32 Å². The maximum atomic E-state index is 14.1. The van der Waals surface area contributed by atoms with Crippen molar-refractivity contribution >= 4 is 12.0 Å². The second-order valence-corrected chi connectivity index (χ2v) is 5.38. The van der Waals surface area contributed by atoms with Crippen LogP contribution in [0.5, 0.6) is 0 Å². The van der Waals surface area contributed by atoms with Gasteiger partial charge in [0.25, 0.3) is 5.91 Å². The Kier molecular flexibility index (Phi) is 4.95. The zero-order valence-corrected chi connectivity index (χ0v) is 12.0. The Hall–Kier alpha value is -2.18. The van der Waals surface area contributed by atoms with Crippen LogP contribution in [0.2, 0.25) is 0 Å². The Morgan fingerprint density at radius 1 is 1.23 bits per heavy atom. The van der Waals surface area contributed by atoms with Gasteiger partial charge in [-0.2, -0.15) is 8.78 Å². The van der Waals surface area contributed by atoms with E-state index >= 15 is 0 Å². The summed E-state index contributed by atoms with van der Waals surface area (Å²) >= 11 is 0. The largest absolute Gasteiger partial charge is 0.465 e. The normalized spacial score (nSPS) is 16.4. The van der Waals surface area contributed by atoms with Crippen LogP contribution >= 0.6 is 0 Å². The van der Waals surface area contributed by atoms with E-state index in [9.17, 15) is 18.4 Å². The number of piperidine rings is 1. The van der Waals surface area contributed by atoms with E-state index in [4.69, 9.17) is 5.11 Å². The van der Waals surface area contributed by atoms with Crippen molar-refractivity contribution < 1.29 is 23.5 Å². The number of hydrogen-bond donors (Lipinski definition) is 2. The molecule has 0 radical (unpaired) electrons. The van der Waals surface area contributed by atoms with E-state index in [1.54, 1.807) is 30.3 Å². The Bertz CT molecular complexity index is 529. The van der Waals surface area contributed by atoms with Gasteiger partial charge in [-0.25, -0.2) is 4.79 Å². The number of carboxylic acid groups (broad SMARTS) is 1. The zero-order chi connectivity index (χ0) is 16.2. The Balaban J connectivity index is 1.92. The molecule has 0 spiro atoms. The number of likely N-dealkylation sites (tertiary alicyclic amines) is 1. The first-order chi connectivity index (χ1) is 10.4. The third kappa shape index (κ3) is 4.16. The molecule has 1 aromatic carbocycles. The maximum absolute atomic E-state index is 14.1. The molecule has 22 heavy (non-hydrogen) atoms. The van der Waals surface area contributed by atoms with Crippen LogP contribution < -0.4 is 5.32 Å². The maximum Gasteiger partial charge on any atom is 0.404 e. The highest BCUT2D eigenvalue weighted by molar-refractivity contribution is 5.84. The number of amides is 2. The average Bonchev–Trinajstić information content (AvgIpc) is 2.47. The van der Waals surface area contributed by atoms with Crippen molar-refractivity contribution in [3.8, 4) is 0 Å². The molecule has 2 N–H and O–H groups in total. The molecule has 7 heteroatoms. The topological polar surface area (TPSA) is 69.6 Å². The molecule has 0 unspecified atom stereocenters. The number of halogens is 2. The lowest BCUT2D eigenvalue weighted by Crippen LogP contribution is -2.51. The fourth-order valence-electron chi connectivity index (χ4n) is 2.56. The fraction of sp³-hybridized carbons (Fsp3) is 0.467. The van der Waals surface area contributed by atoms with Crippen molar-refractivity contribution in [2.75, 3.05) is 13.1 Å². The summed E-state index contributed by atoms with van der Waals surface area (Å²) in [7, 11) is 0. The number of benzene rings is 1. The van der Waals surface area contributed by atoms with Gasteiger partial charge in [0.2, 0.25) is 0 Å². The van der Waals surface area contributed by atoms with Crippen molar-refractivity contribution in [3.05, 3.63) is 35.9 Å². The molecule has 2 rings (SSSR count). The summed E-state index contributed by atoms with van der Waals surface area (Å²) in [4.78, 5) is 23.6. The lowest BCUT2D eigenvalue weighted by Gasteiger charge is -2.33. The third-order valence-electron chi connectivity index (χ3n) is 3.69. The first-order valence-electron chi connectivity index (χ1n) is 7.09. The van der Waals surface area contributed by atoms with Crippen LogP contribution in [0.3, 0.4) is 0 Å². The SMILES string of the molecule is O=C(O)NC1CCN(C(=O)C(F)(F)Cc2ccccc2)CC1. The summed E-state index contributed by atoms with van der Waals surface area (Å²) in [5.41, 5.74) is 0.406. The van der Waals surface area contributed by atoms with Crippen molar-refractivity contribution in [3.63, 3.8) is 0 Å². The minimum absolute atomic E-state index is 0.133. The molecule has 0 aromatic heterocycles. The smallest absolute Gasteiger partial charge is 0.404 e. The summed E-state index contributed by atoms with van der Waals surface area (Å²) < 4.78 is 28.2. The Morgan fingerprint density at radius 3 is 2.36 bits per heavy atom. The molecule has 1 aromatic rings. The van der Waals surface area contributed by atoms with Crippen molar-refractivity contribution in [2.45, 2.75) is 31.2 Å². The highest BCUT2D eigenvalue weighted by atomic mass is 19.3. The number of carbonyl (C=O) groups excluding carboxylic acids is 1. The number of alkyl halides is 2. The van der Waals surface area contributed by atoms with Gasteiger partial charge in [-0.05, 0) is 18.4 Å². The van der Waals surface area contributed by atoms with Crippen LogP contribution in [0, 0.1) is 0 Å². The van der Waals surface area contributed by atoms with Gasteiger partial charge in [-0.1, -0.05) is 30.3 Å². The average molecular weight is 312 g/mol. The first kappa shape index (κ1) is 16.2. The number of nitrogens with one attached hydrogen (secondary N) is 1. The quantitative estimate of drug-likeness (QED) is 0.895. The van der Waals surface area contributed by atoms with E-state index in [-0.39, 0.29) is 19.1 Å². The molecule has 120 valence electrons. The highest BCUT2D eigenvalue weighted by Crippen LogP contribution is 2.25. The first-order valence-corrected chi connectivity index (χ1v) is 7.09. The van der Waals surface area contributed by atoms with Crippen molar-refractivity contribution in [1.29, 1.82) is 0 Å². The van der Waals surface area contributed by atoms with Gasteiger partial charge in [-0.15, -0.1) is 0 Å². The molecule has 0 saturated carbocycles. The summed E-state index contributed by atoms with van der Waals surface area (Å²) in [5, 5.41) is 10.9. The van der Waals surface area contributed by atoms with Gasteiger partial charge >= 0.3 is 12.0 Å². The molecule has 0 aliphatic carbocycles. The molecule has 1 heterocycles. The molecule has 1 aliphatic heterocycles. The second-order valence-electron chi connectivity index (χ2n) is 5.38. The van der Waals surface area contributed by atoms with E-state index in [0.717, 1.165) is 4.90 Å². The number of nitrogens with zero attached hydrogens (tertiary/aromatic N) is 1. The van der Waals surface area contributed by atoms with Gasteiger partial charge in [0, 0.05) is 25.6 Å². The zero-order valence-electron chi connectivity index (χ0n) is 12.0. The predicted octanol–water partition coefficient (Wildman–Crippen LogP) is 2.12. The van der Waals surface area contributed by atoms with Crippen LogP contribution in [0.4, 0.5) is 13.6 Å². The van der Waals surface area contributed by atoms with E-state index < -0.39 is 24.3 Å². The molecule has 1 saturated heterocycles. The lowest BCUT2D eigenvalue weighted by atomic mass is 10.0. The molecule has 5 nitrogen and oxygen atoms in total. The number of carbonyl (C=O) groups is 2. The van der Waals surface area contributed by atoms with Crippen LogP contribution in [0.1, 0.15) is 18.4 Å². The van der Waals surface area contributed by atoms with E-state index in [1.165, 1.54) is 0 Å². The molecule has 1 aliphatic rings. The highest BCUT2D eigenvalue weighted by Gasteiger charge is 2.42. The minimum Gasteiger partial charge on any atom is -0.465 e. The van der Waals surface area contributed by atoms with Crippen molar-refractivity contribution in [1.82, 2.24) is 10.2 Å². The van der Waals surface area contributed by atoms with E-state index in [1.807, 2.05) is 0 Å². The molecule has 0 atom stereocenters. The van der Waals surface area contributed by atoms with Gasteiger partial charge in [0.05, 0.1) is 0 Å². The van der Waals surface area contributed by atoms with Crippen molar-refractivity contribution in [2.24, 2.45) is 0 Å². The van der Waals surface area contributed by atoms with Gasteiger partial charge in [-0.3, -0.25) is 4.79 Å². The lowest BCUT2D eigenvalue weighted by molar-refractivity contribution is -0.158. The molecular weight excluding hydrogens is 294 g/mol. The Morgan fingerprint density at radius 2 is 1.82 bits per heavy atom. The fourth-order valence-corrected chi connectivity index (χ4v) is 2.56. The minimum atomic E-state index is -3.45. The number of rotatable bonds is 4. The van der Waals surface area contributed by atoms with Gasteiger partial charge in [0.1, 0.15) is 0 Å². The van der Waals surface area contributed by atoms with Crippen LogP contribution in [-0.2, 0) is 11.2 Å². The summed E-state index contributed by atoms with van der Waals surface area (Å²) in [6, 6.07) is 7.86. The summed E-state index contributed by atoms with van der Waals surface area (Å²) in [6.07, 6.45) is -1.07. The van der Waals surface area contributed by atoms with Gasteiger partial charge in [0.15, 0.2) is 0 Å². The molecular formula is C15H18F2N2O3. The van der Waals surface area contributed by atoms with E-state index in [0.29, 0.717) is 18.4 Å². The third-order valence-corrected chi connectivity index (χ3v) is 3.69. The second kappa shape index (κ2) is 6.72.